The van der Waals surface area contributed by atoms with Crippen LogP contribution in [0.2, 0.25) is 0 Å². The van der Waals surface area contributed by atoms with Gasteiger partial charge in [-0.15, -0.1) is 4.33 Å². The van der Waals surface area contributed by atoms with Crippen LogP contribution >= 0.6 is 12.3 Å². The molecule has 0 bridgehead atoms. The fraction of sp³-hybridized carbons (Fsp3) is 0.535. The standard InChI is InChI=1S/C43H56N8O20S.Na/c1-19-16-51-33(34(19)57)40(63)45-15-23(53)13-25(46-43(66)68-18-21-6-4-3-5-7-21)37(60)47-30(20(2)52)41(64)50-17-24(54)14-26(50)38(61)49-32(39(62)48-31(42(51)65)28(56)10-11-44)36(59)35(58)22-8-9-27(55)29(12-22)69-72-71-70-67;/h3-9,12,19-20,23-26,28,30-36,52-59,67H,10,13-18H2,1-2H3,(H,45,63)(H,46,66)(H,47,60)(H,48,62)(H,49,61);/q;+1/p-1/t19?,20?,23-,24?,25-,26?,28+,30?,31-,32?,33?,34-,35-,36-;/m0./s1. The first-order chi connectivity index (χ1) is 34.2. The maximum atomic E-state index is 14.5. The van der Waals surface area contributed by atoms with Gasteiger partial charge in [0, 0.05) is 38.4 Å². The second-order valence-electron chi connectivity index (χ2n) is 17.3. The molecule has 0 radical (unpaired) electrons. The van der Waals surface area contributed by atoms with Crippen LogP contribution in [-0.4, -0.2) is 185 Å². The van der Waals surface area contributed by atoms with Crippen molar-refractivity contribution in [3.8, 4) is 17.6 Å². The molecule has 0 aromatic heterocycles. The van der Waals surface area contributed by atoms with Crippen molar-refractivity contribution in [3.63, 3.8) is 0 Å². The Morgan fingerprint density at radius 3 is 2.19 bits per heavy atom. The third kappa shape index (κ3) is 15.6. The molecule has 7 amide bonds. The average molecular weight is 1060 g/mol. The first-order valence-corrected chi connectivity index (χ1v) is 22.9. The number of nitrogens with one attached hydrogen (secondary N) is 5. The molecule has 3 saturated heterocycles. The van der Waals surface area contributed by atoms with Crippen molar-refractivity contribution < 1.29 is 128 Å². The Morgan fingerprint density at radius 2 is 1.53 bits per heavy atom. The predicted molar refractivity (Wildman–Crippen MR) is 237 cm³/mol. The number of nitriles is 1. The number of aliphatic hydroxyl groups excluding tert-OH is 7. The summed E-state index contributed by atoms with van der Waals surface area (Å²) in [5, 5.41) is 123. The number of hydrogen-bond acceptors (Lipinski definition) is 22. The van der Waals surface area contributed by atoms with Crippen molar-refractivity contribution >= 4 is 53.9 Å². The van der Waals surface area contributed by atoms with Crippen LogP contribution in [0.1, 0.15) is 50.3 Å². The molecule has 2 aromatic rings. The zero-order chi connectivity index (χ0) is 53.0. The van der Waals surface area contributed by atoms with Gasteiger partial charge in [-0.2, -0.15) is 5.26 Å². The Kier molecular flexibility index (Phi) is 22.9. The van der Waals surface area contributed by atoms with Crippen molar-refractivity contribution in [2.45, 2.75) is 119 Å². The van der Waals surface area contributed by atoms with E-state index in [1.807, 2.05) is 0 Å². The molecule has 30 heteroatoms. The summed E-state index contributed by atoms with van der Waals surface area (Å²) >= 11 is -0.0762. The minimum atomic E-state index is -2.49. The fourth-order valence-electron chi connectivity index (χ4n) is 8.23. The molecular formula is C43H55N8NaO20S. The molecule has 0 aliphatic carbocycles. The van der Waals surface area contributed by atoms with E-state index in [2.05, 4.69) is 36.0 Å². The summed E-state index contributed by atoms with van der Waals surface area (Å²) in [6, 6.07) is 0.870. The molecule has 3 fully saturated rings. The molecule has 2 aromatic carbocycles. The third-order valence-electron chi connectivity index (χ3n) is 12.0. The maximum Gasteiger partial charge on any atom is 1.00 e. The van der Waals surface area contributed by atoms with Gasteiger partial charge in [-0.05, 0) is 30.2 Å². The number of aliphatic hydroxyl groups is 7. The number of hydrogen-bond donors (Lipinski definition) is 13. The van der Waals surface area contributed by atoms with Crippen LogP contribution in [0.15, 0.2) is 48.5 Å². The summed E-state index contributed by atoms with van der Waals surface area (Å²) in [6.07, 6.45) is -16.7. The minimum absolute atomic E-state index is 0. The van der Waals surface area contributed by atoms with Crippen LogP contribution in [-0.2, 0) is 49.5 Å². The van der Waals surface area contributed by atoms with Gasteiger partial charge in [-0.1, -0.05) is 43.3 Å². The number of carbonyl (C=O) groups excluding carboxylic acids is 7. The fourth-order valence-corrected chi connectivity index (χ4v) is 8.49. The quantitative estimate of drug-likeness (QED) is 0.0291. The molecule has 0 spiro atoms. The van der Waals surface area contributed by atoms with Gasteiger partial charge < -0.3 is 91.4 Å². The average Bonchev–Trinajstić information content (AvgIpc) is 3.89. The first kappa shape index (κ1) is 60.1. The van der Waals surface area contributed by atoms with E-state index in [4.69, 9.17) is 8.92 Å². The number of phenols is 1. The Labute approximate surface area is 442 Å². The largest absolute Gasteiger partial charge is 1.00 e. The van der Waals surface area contributed by atoms with Crippen molar-refractivity contribution in [3.05, 3.63) is 59.7 Å². The molecule has 3 aliphatic heterocycles. The number of ether oxygens (including phenoxy) is 1. The number of amides is 7. The van der Waals surface area contributed by atoms with E-state index in [1.165, 1.54) is 6.92 Å². The number of rotatable bonds is 13. The number of fused-ring (bicyclic) bond motifs is 2. The smallest absolute Gasteiger partial charge is 0.691 e. The Morgan fingerprint density at radius 1 is 0.877 bits per heavy atom. The number of aromatic hydroxyl groups is 1. The topological polar surface area (TPSA) is 432 Å². The van der Waals surface area contributed by atoms with E-state index >= 15 is 0 Å². The second-order valence-corrected chi connectivity index (χ2v) is 17.7. The molecular weight excluding hydrogens is 1000 g/mol. The molecule has 3 heterocycles. The first-order valence-electron chi connectivity index (χ1n) is 22.2. The molecule has 28 nitrogen and oxygen atoms in total. The van der Waals surface area contributed by atoms with Crippen LogP contribution in [0.3, 0.4) is 0 Å². The van der Waals surface area contributed by atoms with Crippen LogP contribution in [0.5, 0.6) is 11.5 Å². The van der Waals surface area contributed by atoms with Crippen LogP contribution in [0, 0.1) is 17.2 Å². The van der Waals surface area contributed by atoms with E-state index in [-0.39, 0.29) is 54.1 Å². The second kappa shape index (κ2) is 27.7. The molecule has 13 N–H and O–H groups in total. The number of nitrogens with zero attached hydrogens (tertiary/aromatic N) is 3. The van der Waals surface area contributed by atoms with Gasteiger partial charge in [0.05, 0.1) is 43.0 Å². The molecule has 5 rings (SSSR count). The summed E-state index contributed by atoms with van der Waals surface area (Å²) in [5.41, 5.74) is 0.203. The maximum absolute atomic E-state index is 14.5. The molecule has 14 atom stereocenters. The van der Waals surface area contributed by atoms with Gasteiger partial charge >= 0.3 is 35.7 Å². The number of benzene rings is 2. The molecule has 7 unspecified atom stereocenters. The van der Waals surface area contributed by atoms with E-state index in [9.17, 15) is 84.9 Å². The van der Waals surface area contributed by atoms with E-state index in [0.29, 0.717) is 5.56 Å². The van der Waals surface area contributed by atoms with Crippen LogP contribution in [0.4, 0.5) is 4.79 Å². The molecule has 3 aliphatic rings. The number of phenolic OH excluding ortho intramolecular Hbond substituents is 1. The van der Waals surface area contributed by atoms with Gasteiger partial charge in [-0.3, -0.25) is 33.8 Å². The molecule has 394 valence electrons. The summed E-state index contributed by atoms with van der Waals surface area (Å²) in [4.78, 5) is 100.0. The normalized spacial score (nSPS) is 28.2. The monoisotopic (exact) mass is 1060 g/mol. The Hall–Kier alpha value is -5.43. The molecule has 73 heavy (non-hydrogen) atoms. The zero-order valence-corrected chi connectivity index (χ0v) is 42.2. The number of carbonyl (C=O) groups is 7. The zero-order valence-electron chi connectivity index (χ0n) is 39.4. The van der Waals surface area contributed by atoms with Crippen LogP contribution < -0.4 is 65.6 Å². The van der Waals surface area contributed by atoms with Crippen LogP contribution in [0.25, 0.3) is 0 Å². The predicted octanol–water partition coefficient (Wildman–Crippen LogP) is -8.59. The van der Waals surface area contributed by atoms with Gasteiger partial charge in [0.1, 0.15) is 55.1 Å². The minimum Gasteiger partial charge on any atom is -0.691 e. The third-order valence-corrected chi connectivity index (χ3v) is 12.4. The Balaban J connectivity index is 0.0000116. The number of β-amino-alcohol motifs (C(OH)–C–C–N with tert-alkyl or cyclic N) is 1. The Bertz CT molecular complexity index is 2300. The van der Waals surface area contributed by atoms with Gasteiger partial charge in [0.25, 0.3) is 12.3 Å². The van der Waals surface area contributed by atoms with Crippen molar-refractivity contribution in [2.24, 2.45) is 5.92 Å². The summed E-state index contributed by atoms with van der Waals surface area (Å²) in [5.74, 6) is -9.64. The van der Waals surface area contributed by atoms with E-state index in [0.717, 1.165) is 34.9 Å². The van der Waals surface area contributed by atoms with Crippen molar-refractivity contribution in [2.75, 3.05) is 19.6 Å². The van der Waals surface area contributed by atoms with Crippen molar-refractivity contribution in [1.29, 1.82) is 5.26 Å². The van der Waals surface area contributed by atoms with Gasteiger partial charge in [-0.25, -0.2) is 4.79 Å². The SMILES string of the molecule is CC(O)C1NC(=O)[C@@H](NC(=O)OCc2ccccc2)C[C@H](O)CNC(=O)C2[C@@H](O)C(C)CN2C(=O)[C@H]([C@H](O)CC#N)NC(=O)C([C@H](O)[C@@H](O)c2ccc(O)c(OSOO[O-])c2)NC(=O)C2CC(O)CN2C1=O.[Na+]. The van der Waals surface area contributed by atoms with Crippen molar-refractivity contribution in [1.82, 2.24) is 36.4 Å². The van der Waals surface area contributed by atoms with E-state index in [1.54, 1.807) is 36.4 Å². The summed E-state index contributed by atoms with van der Waals surface area (Å²) in [7, 11) is 0. The summed E-state index contributed by atoms with van der Waals surface area (Å²) in [6.45, 7) is 0.507. The summed E-state index contributed by atoms with van der Waals surface area (Å²) < 4.78 is 14.2. The van der Waals surface area contributed by atoms with E-state index < -0.39 is 177 Å². The van der Waals surface area contributed by atoms with Gasteiger partial charge in [0.15, 0.2) is 11.5 Å². The van der Waals surface area contributed by atoms with Gasteiger partial charge in [0.2, 0.25) is 35.4 Å². The molecule has 0 saturated carbocycles. The number of alkyl carbamates (subject to hydrolysis) is 1.